The van der Waals surface area contributed by atoms with Crippen LogP contribution in [0.4, 0.5) is 0 Å². The molecule has 1 unspecified atom stereocenters. The Balaban J connectivity index is 2.03. The molecule has 0 spiro atoms. The maximum Gasteiger partial charge on any atom is 0.0576 e. The van der Waals surface area contributed by atoms with Gasteiger partial charge < -0.3 is 5.32 Å². The van der Waals surface area contributed by atoms with Crippen molar-refractivity contribution < 1.29 is 0 Å². The van der Waals surface area contributed by atoms with E-state index in [1.54, 1.807) is 0 Å². The third-order valence-electron chi connectivity index (χ3n) is 3.20. The van der Waals surface area contributed by atoms with Gasteiger partial charge in [-0.15, -0.1) is 0 Å². The van der Waals surface area contributed by atoms with E-state index in [9.17, 15) is 0 Å². The Morgan fingerprint density at radius 3 is 2.84 bits per heavy atom. The van der Waals surface area contributed by atoms with Gasteiger partial charge in [-0.1, -0.05) is 13.0 Å². The molecule has 2 heterocycles. The van der Waals surface area contributed by atoms with Crippen molar-refractivity contribution in [2.75, 3.05) is 6.54 Å². The number of nitrogens with zero attached hydrogens (tertiary/aromatic N) is 3. The molecule has 0 fully saturated rings. The summed E-state index contributed by atoms with van der Waals surface area (Å²) in [6.07, 6.45) is 6.07. The van der Waals surface area contributed by atoms with Crippen molar-refractivity contribution in [2.45, 2.75) is 32.7 Å². The summed E-state index contributed by atoms with van der Waals surface area (Å²) in [7, 11) is 1.95. The molecule has 0 amide bonds. The van der Waals surface area contributed by atoms with Crippen LogP contribution in [0.15, 0.2) is 30.6 Å². The molecule has 0 radical (unpaired) electrons. The van der Waals surface area contributed by atoms with Crippen LogP contribution in [0, 0.1) is 6.92 Å². The van der Waals surface area contributed by atoms with Gasteiger partial charge in [-0.3, -0.25) is 9.67 Å². The first-order valence-electron chi connectivity index (χ1n) is 6.83. The molecule has 4 nitrogen and oxygen atoms in total. The molecule has 19 heavy (non-hydrogen) atoms. The first-order valence-corrected chi connectivity index (χ1v) is 6.83. The number of hydrogen-bond donors (Lipinski definition) is 1. The van der Waals surface area contributed by atoms with Crippen molar-refractivity contribution in [3.63, 3.8) is 0 Å². The van der Waals surface area contributed by atoms with Crippen LogP contribution < -0.4 is 5.32 Å². The molecule has 2 aromatic rings. The van der Waals surface area contributed by atoms with Crippen LogP contribution in [0.3, 0.4) is 0 Å². The SMILES string of the molecule is CCNC(CCc1cnn(C)c1)c1cccc(C)n1. The summed E-state index contributed by atoms with van der Waals surface area (Å²) in [6, 6.07) is 6.52. The summed E-state index contributed by atoms with van der Waals surface area (Å²) in [5, 5.41) is 7.72. The number of nitrogens with one attached hydrogen (secondary N) is 1. The lowest BCUT2D eigenvalue weighted by Gasteiger charge is -2.17. The van der Waals surface area contributed by atoms with Crippen LogP contribution in [-0.4, -0.2) is 21.3 Å². The number of pyridine rings is 1. The highest BCUT2D eigenvalue weighted by Crippen LogP contribution is 2.17. The zero-order valence-corrected chi connectivity index (χ0v) is 11.9. The molecule has 0 aliphatic carbocycles. The minimum absolute atomic E-state index is 0.310. The van der Waals surface area contributed by atoms with E-state index >= 15 is 0 Å². The lowest BCUT2D eigenvalue weighted by Crippen LogP contribution is -2.22. The van der Waals surface area contributed by atoms with Crippen molar-refractivity contribution >= 4 is 0 Å². The molecule has 0 aliphatic rings. The smallest absolute Gasteiger partial charge is 0.0576 e. The number of aryl methyl sites for hydroxylation is 3. The minimum Gasteiger partial charge on any atom is -0.309 e. The number of hydrogen-bond acceptors (Lipinski definition) is 3. The standard InChI is InChI=1S/C15H22N4/c1-4-16-14(15-7-5-6-12(2)18-15)9-8-13-10-17-19(3)11-13/h5-7,10-11,14,16H,4,8-9H2,1-3H3. The monoisotopic (exact) mass is 258 g/mol. The first kappa shape index (κ1) is 13.7. The van der Waals surface area contributed by atoms with Gasteiger partial charge in [0.2, 0.25) is 0 Å². The van der Waals surface area contributed by atoms with Crippen LogP contribution in [-0.2, 0) is 13.5 Å². The van der Waals surface area contributed by atoms with Crippen molar-refractivity contribution in [2.24, 2.45) is 7.05 Å². The van der Waals surface area contributed by atoms with E-state index in [1.807, 2.05) is 30.9 Å². The third-order valence-corrected chi connectivity index (χ3v) is 3.20. The van der Waals surface area contributed by atoms with E-state index < -0.39 is 0 Å². The molecule has 2 rings (SSSR count). The summed E-state index contributed by atoms with van der Waals surface area (Å²) >= 11 is 0. The predicted octanol–water partition coefficient (Wildman–Crippen LogP) is 2.41. The van der Waals surface area contributed by atoms with Gasteiger partial charge in [0.15, 0.2) is 0 Å². The molecule has 0 aliphatic heterocycles. The van der Waals surface area contributed by atoms with Crippen molar-refractivity contribution in [1.29, 1.82) is 0 Å². The summed E-state index contributed by atoms with van der Waals surface area (Å²) in [4.78, 5) is 4.63. The van der Waals surface area contributed by atoms with Gasteiger partial charge in [-0.25, -0.2) is 0 Å². The first-order chi connectivity index (χ1) is 9.19. The summed E-state index contributed by atoms with van der Waals surface area (Å²) in [6.45, 7) is 5.12. The average molecular weight is 258 g/mol. The molecule has 0 bridgehead atoms. The van der Waals surface area contributed by atoms with E-state index in [0.717, 1.165) is 30.8 Å². The van der Waals surface area contributed by atoms with Gasteiger partial charge in [0, 0.05) is 25.0 Å². The van der Waals surface area contributed by atoms with Crippen molar-refractivity contribution in [3.8, 4) is 0 Å². The average Bonchev–Trinajstić information content (AvgIpc) is 2.80. The Kier molecular flexibility index (Phi) is 4.68. The molecule has 0 aromatic carbocycles. The van der Waals surface area contributed by atoms with Gasteiger partial charge in [-0.2, -0.15) is 5.10 Å². The molecular weight excluding hydrogens is 236 g/mol. The van der Waals surface area contributed by atoms with E-state index in [1.165, 1.54) is 5.56 Å². The van der Waals surface area contributed by atoms with Gasteiger partial charge >= 0.3 is 0 Å². The predicted molar refractivity (Wildman–Crippen MR) is 76.9 cm³/mol. The fourth-order valence-corrected chi connectivity index (χ4v) is 2.27. The molecule has 1 N–H and O–H groups in total. The van der Waals surface area contributed by atoms with E-state index in [4.69, 9.17) is 0 Å². The van der Waals surface area contributed by atoms with Gasteiger partial charge in [-0.05, 0) is 44.0 Å². The highest BCUT2D eigenvalue weighted by molar-refractivity contribution is 5.14. The fourth-order valence-electron chi connectivity index (χ4n) is 2.27. The van der Waals surface area contributed by atoms with Crippen LogP contribution >= 0.6 is 0 Å². The Labute approximate surface area is 114 Å². The van der Waals surface area contributed by atoms with E-state index in [0.29, 0.717) is 6.04 Å². The van der Waals surface area contributed by atoms with Gasteiger partial charge in [0.1, 0.15) is 0 Å². The number of aromatic nitrogens is 3. The van der Waals surface area contributed by atoms with Gasteiger partial charge in [0.25, 0.3) is 0 Å². The lowest BCUT2D eigenvalue weighted by atomic mass is 10.0. The topological polar surface area (TPSA) is 42.7 Å². The molecule has 1 atom stereocenters. The van der Waals surface area contributed by atoms with Gasteiger partial charge in [0.05, 0.1) is 11.9 Å². The minimum atomic E-state index is 0.310. The van der Waals surface area contributed by atoms with Crippen molar-refractivity contribution in [3.05, 3.63) is 47.5 Å². The Hall–Kier alpha value is -1.68. The molecule has 0 saturated heterocycles. The van der Waals surface area contributed by atoms with Crippen LogP contribution in [0.1, 0.15) is 36.3 Å². The second kappa shape index (κ2) is 6.48. The molecule has 4 heteroatoms. The van der Waals surface area contributed by atoms with E-state index in [-0.39, 0.29) is 0 Å². The quantitative estimate of drug-likeness (QED) is 0.865. The summed E-state index contributed by atoms with van der Waals surface area (Å²) in [5.74, 6) is 0. The summed E-state index contributed by atoms with van der Waals surface area (Å²) < 4.78 is 1.85. The second-order valence-electron chi connectivity index (χ2n) is 4.88. The molecule has 102 valence electrons. The molecule has 2 aromatic heterocycles. The largest absolute Gasteiger partial charge is 0.309 e. The van der Waals surface area contributed by atoms with Crippen LogP contribution in [0.2, 0.25) is 0 Å². The van der Waals surface area contributed by atoms with Crippen LogP contribution in [0.25, 0.3) is 0 Å². The Morgan fingerprint density at radius 1 is 1.37 bits per heavy atom. The normalized spacial score (nSPS) is 12.6. The van der Waals surface area contributed by atoms with Crippen LogP contribution in [0.5, 0.6) is 0 Å². The lowest BCUT2D eigenvalue weighted by molar-refractivity contribution is 0.503. The molecular formula is C15H22N4. The maximum atomic E-state index is 4.63. The summed E-state index contributed by atoms with van der Waals surface area (Å²) in [5.41, 5.74) is 3.48. The highest BCUT2D eigenvalue weighted by atomic mass is 15.2. The zero-order valence-electron chi connectivity index (χ0n) is 11.9. The Bertz CT molecular complexity index is 518. The second-order valence-corrected chi connectivity index (χ2v) is 4.88. The highest BCUT2D eigenvalue weighted by Gasteiger charge is 2.12. The number of rotatable bonds is 6. The molecule has 0 saturated carbocycles. The fraction of sp³-hybridized carbons (Fsp3) is 0.467. The zero-order chi connectivity index (χ0) is 13.7. The van der Waals surface area contributed by atoms with Crippen molar-refractivity contribution in [1.82, 2.24) is 20.1 Å². The van der Waals surface area contributed by atoms with E-state index in [2.05, 4.69) is 40.7 Å². The Morgan fingerprint density at radius 2 is 2.21 bits per heavy atom. The third kappa shape index (κ3) is 3.89. The maximum absolute atomic E-state index is 4.63.